The molecule has 0 saturated heterocycles. The molecule has 1 aliphatic heterocycles. The van der Waals surface area contributed by atoms with E-state index in [1.807, 2.05) is 39.1 Å². The highest BCUT2D eigenvalue weighted by molar-refractivity contribution is 6.21. The van der Waals surface area contributed by atoms with Gasteiger partial charge in [-0.2, -0.15) is 0 Å². The minimum atomic E-state index is -0.596. The van der Waals surface area contributed by atoms with Crippen LogP contribution in [0.2, 0.25) is 0 Å². The van der Waals surface area contributed by atoms with Gasteiger partial charge in [-0.15, -0.1) is 0 Å². The highest BCUT2D eigenvalue weighted by Gasteiger charge is 2.34. The molecule has 220 valence electrons. The molecule has 0 unspecified atom stereocenters. The summed E-state index contributed by atoms with van der Waals surface area (Å²) in [5, 5.41) is 0. The molecule has 0 atom stereocenters. The summed E-state index contributed by atoms with van der Waals surface area (Å²) in [5.74, 6) is -1.52. The first-order valence-corrected chi connectivity index (χ1v) is 13.5. The van der Waals surface area contributed by atoms with E-state index in [-0.39, 0.29) is 68.0 Å². The van der Waals surface area contributed by atoms with E-state index >= 15 is 0 Å². The Morgan fingerprint density at radius 1 is 0.976 bits per heavy atom. The fourth-order valence-electron chi connectivity index (χ4n) is 4.13. The molecule has 1 fully saturated rings. The number of imide groups is 1. The van der Waals surface area contributed by atoms with Crippen LogP contribution in [0.5, 0.6) is 0 Å². The average Bonchev–Trinajstić information content (AvgIpc) is 3.07. The monoisotopic (exact) mass is 566 g/mol. The van der Waals surface area contributed by atoms with E-state index in [4.69, 9.17) is 4.74 Å². The molecule has 10 heteroatoms. The van der Waals surface area contributed by atoms with Gasteiger partial charge in [0.1, 0.15) is 24.6 Å². The molecule has 0 spiro atoms. The zero-order valence-corrected chi connectivity index (χ0v) is 24.1. The van der Waals surface area contributed by atoms with Gasteiger partial charge in [0, 0.05) is 25.2 Å². The van der Waals surface area contributed by atoms with Crippen molar-refractivity contribution in [3.05, 3.63) is 65.5 Å². The number of fused-ring (bicyclic) bond motifs is 1. The summed E-state index contributed by atoms with van der Waals surface area (Å²) in [7, 11) is 0. The number of ether oxygens (including phenoxy) is 2. The molecular weight excluding hydrogens is 528 g/mol. The summed E-state index contributed by atoms with van der Waals surface area (Å²) in [4.78, 5) is 73.7. The van der Waals surface area contributed by atoms with Gasteiger partial charge < -0.3 is 9.47 Å². The standard InChI is InChI=1S/C16H17NO6.C9H14O2.C6H7N/c1-2-23-14(19)9-11(18)10-22-8-7-17-15(20)12-5-3-4-6-13(12)16(17)21;1-9(2)4-3-7(10)5-8(11)6-9;1-6-3-2-4-7-5-6/h3-6H,2,7-10H2,1H3;3-6H2,1-2H3;2-5H,1H3. The van der Waals surface area contributed by atoms with Gasteiger partial charge in [-0.05, 0) is 49.4 Å². The number of aromatic nitrogens is 1. The van der Waals surface area contributed by atoms with Crippen molar-refractivity contribution in [3.8, 4) is 0 Å². The van der Waals surface area contributed by atoms with Crippen molar-refractivity contribution < 1.29 is 38.2 Å². The minimum Gasteiger partial charge on any atom is -0.466 e. The van der Waals surface area contributed by atoms with Crippen LogP contribution in [0.25, 0.3) is 0 Å². The number of amides is 2. The van der Waals surface area contributed by atoms with E-state index in [1.165, 1.54) is 5.56 Å². The highest BCUT2D eigenvalue weighted by Crippen LogP contribution is 2.30. The van der Waals surface area contributed by atoms with Crippen LogP contribution in [0.4, 0.5) is 0 Å². The fourth-order valence-corrected chi connectivity index (χ4v) is 4.13. The van der Waals surface area contributed by atoms with Crippen molar-refractivity contribution in [2.45, 2.75) is 59.8 Å². The molecule has 2 aromatic rings. The fraction of sp³-hybridized carbons (Fsp3) is 0.452. The summed E-state index contributed by atoms with van der Waals surface area (Å²) < 4.78 is 9.78. The molecule has 1 aromatic heterocycles. The molecule has 2 heterocycles. The van der Waals surface area contributed by atoms with Crippen LogP contribution in [-0.4, -0.2) is 71.4 Å². The number of ketones is 3. The minimum absolute atomic E-state index is 0.0278. The normalized spacial score (nSPS) is 15.6. The Morgan fingerprint density at radius 2 is 1.63 bits per heavy atom. The first-order chi connectivity index (χ1) is 19.4. The number of benzene rings is 1. The highest BCUT2D eigenvalue weighted by atomic mass is 16.5. The average molecular weight is 567 g/mol. The number of carbonyl (C=O) groups excluding carboxylic acids is 6. The maximum Gasteiger partial charge on any atom is 0.313 e. The molecular formula is C31H38N2O8. The third-order valence-corrected chi connectivity index (χ3v) is 6.21. The van der Waals surface area contributed by atoms with Crippen LogP contribution in [0.1, 0.15) is 79.2 Å². The van der Waals surface area contributed by atoms with Crippen LogP contribution in [-0.2, 0) is 28.7 Å². The Morgan fingerprint density at radius 3 is 2.17 bits per heavy atom. The molecule has 1 saturated carbocycles. The van der Waals surface area contributed by atoms with Crippen LogP contribution in [0, 0.1) is 12.3 Å². The Bertz CT molecular complexity index is 1200. The Kier molecular flexibility index (Phi) is 13.2. The first kappa shape index (κ1) is 33.2. The molecule has 10 nitrogen and oxygen atoms in total. The lowest BCUT2D eigenvalue weighted by atomic mass is 9.85. The second kappa shape index (κ2) is 16.3. The van der Waals surface area contributed by atoms with E-state index in [2.05, 4.69) is 9.72 Å². The van der Waals surface area contributed by atoms with Crippen molar-refractivity contribution >= 4 is 35.1 Å². The predicted molar refractivity (Wildman–Crippen MR) is 150 cm³/mol. The van der Waals surface area contributed by atoms with Gasteiger partial charge in [0.15, 0.2) is 5.78 Å². The number of esters is 1. The van der Waals surface area contributed by atoms with Crippen molar-refractivity contribution in [1.29, 1.82) is 0 Å². The van der Waals surface area contributed by atoms with Gasteiger partial charge in [-0.25, -0.2) is 0 Å². The first-order valence-electron chi connectivity index (χ1n) is 13.5. The largest absolute Gasteiger partial charge is 0.466 e. The number of nitrogens with zero attached hydrogens (tertiary/aromatic N) is 2. The summed E-state index contributed by atoms with van der Waals surface area (Å²) >= 11 is 0. The van der Waals surface area contributed by atoms with Crippen molar-refractivity contribution in [1.82, 2.24) is 9.88 Å². The Hall–Kier alpha value is -4.05. The smallest absolute Gasteiger partial charge is 0.313 e. The number of Topliss-reactive ketones (excluding diaryl/α,β-unsaturated/α-hetero) is 3. The molecule has 0 N–H and O–H groups in total. The van der Waals surface area contributed by atoms with Crippen LogP contribution in [0.15, 0.2) is 48.8 Å². The molecule has 1 aromatic carbocycles. The van der Waals surface area contributed by atoms with E-state index in [0.717, 1.165) is 11.3 Å². The second-order valence-corrected chi connectivity index (χ2v) is 10.5. The van der Waals surface area contributed by atoms with E-state index < -0.39 is 11.8 Å². The van der Waals surface area contributed by atoms with Gasteiger partial charge in [-0.1, -0.05) is 32.0 Å². The molecule has 4 rings (SSSR count). The van der Waals surface area contributed by atoms with E-state index in [1.54, 1.807) is 37.4 Å². The topological polar surface area (TPSA) is 137 Å². The molecule has 2 aliphatic rings. The Balaban J connectivity index is 0.000000267. The lowest BCUT2D eigenvalue weighted by Gasteiger charge is -2.19. The third-order valence-electron chi connectivity index (χ3n) is 6.21. The summed E-state index contributed by atoms with van der Waals surface area (Å²) in [6.45, 7) is 7.80. The van der Waals surface area contributed by atoms with Gasteiger partial charge in [0.2, 0.25) is 0 Å². The SMILES string of the molecule is CC1(C)CCC(=O)CC(=O)C1.CCOC(=O)CC(=O)COCCN1C(=O)c2ccccc2C1=O.Cc1cccnc1. The summed E-state index contributed by atoms with van der Waals surface area (Å²) in [6, 6.07) is 10.5. The summed E-state index contributed by atoms with van der Waals surface area (Å²) in [5.41, 5.74) is 2.00. The molecule has 41 heavy (non-hydrogen) atoms. The lowest BCUT2D eigenvalue weighted by molar-refractivity contribution is -0.146. The van der Waals surface area contributed by atoms with E-state index in [9.17, 15) is 28.8 Å². The number of hydrogen-bond acceptors (Lipinski definition) is 9. The number of pyridine rings is 1. The maximum absolute atomic E-state index is 12.1. The van der Waals surface area contributed by atoms with Crippen molar-refractivity contribution in [2.75, 3.05) is 26.4 Å². The lowest BCUT2D eigenvalue weighted by Crippen LogP contribution is -2.33. The van der Waals surface area contributed by atoms with Crippen LogP contribution < -0.4 is 0 Å². The second-order valence-electron chi connectivity index (χ2n) is 10.5. The third kappa shape index (κ3) is 11.5. The molecule has 0 bridgehead atoms. The van der Waals surface area contributed by atoms with Crippen molar-refractivity contribution in [3.63, 3.8) is 0 Å². The van der Waals surface area contributed by atoms with Gasteiger partial charge in [-0.3, -0.25) is 38.7 Å². The van der Waals surface area contributed by atoms with Gasteiger partial charge >= 0.3 is 5.97 Å². The number of carbonyl (C=O) groups is 6. The van der Waals surface area contributed by atoms with E-state index in [0.29, 0.717) is 24.0 Å². The Labute approximate surface area is 240 Å². The molecule has 1 aliphatic carbocycles. The van der Waals surface area contributed by atoms with Gasteiger partial charge in [0.05, 0.1) is 37.3 Å². The van der Waals surface area contributed by atoms with Gasteiger partial charge in [0.25, 0.3) is 11.8 Å². The molecule has 2 amide bonds. The van der Waals surface area contributed by atoms with Crippen LogP contribution >= 0.6 is 0 Å². The predicted octanol–water partition coefficient (Wildman–Crippen LogP) is 3.94. The van der Waals surface area contributed by atoms with Crippen LogP contribution in [0.3, 0.4) is 0 Å². The summed E-state index contributed by atoms with van der Waals surface area (Å²) in [6.07, 6.45) is 5.44. The van der Waals surface area contributed by atoms with Crippen molar-refractivity contribution in [2.24, 2.45) is 5.41 Å². The molecule has 0 radical (unpaired) electrons. The number of aryl methyl sites for hydroxylation is 1. The zero-order valence-electron chi connectivity index (χ0n) is 24.1. The number of rotatable bonds is 8. The zero-order chi connectivity index (χ0) is 30.4. The number of hydrogen-bond donors (Lipinski definition) is 0. The maximum atomic E-state index is 12.1. The quantitative estimate of drug-likeness (QED) is 0.153.